The van der Waals surface area contributed by atoms with Gasteiger partial charge in [-0.05, 0) is 122 Å². The summed E-state index contributed by atoms with van der Waals surface area (Å²) >= 11 is 3.60. The van der Waals surface area contributed by atoms with Crippen LogP contribution in [0.4, 0.5) is 34.5 Å². The first kappa shape index (κ1) is 45.4. The highest BCUT2D eigenvalue weighted by Crippen LogP contribution is 2.42. The van der Waals surface area contributed by atoms with Gasteiger partial charge in [-0.1, -0.05) is 19.1 Å². The number of fused-ring (bicyclic) bond motifs is 1. The number of piperidine rings is 2. The van der Waals surface area contributed by atoms with Gasteiger partial charge in [-0.25, -0.2) is 4.98 Å². The molecule has 2 aromatic heterocycles. The normalized spacial score (nSPS) is 18.4. The summed E-state index contributed by atoms with van der Waals surface area (Å²) in [5.41, 5.74) is 7.29. The van der Waals surface area contributed by atoms with Crippen molar-refractivity contribution in [3.63, 3.8) is 0 Å². The predicted molar refractivity (Wildman–Crippen MR) is 260 cm³/mol. The third-order valence-electron chi connectivity index (χ3n) is 12.7. The predicted octanol–water partition coefficient (Wildman–Crippen LogP) is 7.07. The summed E-state index contributed by atoms with van der Waals surface area (Å²) in [7, 11) is -1.08. The molecule has 0 saturated carbocycles. The summed E-state index contributed by atoms with van der Waals surface area (Å²) in [6, 6.07) is 16.8. The van der Waals surface area contributed by atoms with Gasteiger partial charge in [-0.2, -0.15) is 4.98 Å². The van der Waals surface area contributed by atoms with Crippen LogP contribution in [0.5, 0.6) is 5.75 Å². The number of halogens is 1. The highest BCUT2D eigenvalue weighted by molar-refractivity contribution is 9.10. The Hall–Kier alpha value is -5.15. The lowest BCUT2D eigenvalue weighted by Crippen LogP contribution is -2.44. The van der Waals surface area contributed by atoms with Crippen LogP contribution in [0.3, 0.4) is 0 Å². The average Bonchev–Trinajstić information content (AvgIpc) is 3.77. The molecule has 8 rings (SSSR count). The molecule has 5 N–H and O–H groups in total. The number of aryl methyl sites for hydroxylation is 1. The Morgan fingerprint density at radius 2 is 1.67 bits per heavy atom. The van der Waals surface area contributed by atoms with Crippen molar-refractivity contribution in [1.29, 1.82) is 0 Å². The monoisotopic (exact) mass is 951 g/mol. The summed E-state index contributed by atoms with van der Waals surface area (Å²) < 4.78 is 20.1. The van der Waals surface area contributed by atoms with Crippen LogP contribution in [0.1, 0.15) is 62.5 Å². The number of nitrogens with one attached hydrogen (secondary N) is 5. The van der Waals surface area contributed by atoms with Gasteiger partial charge in [0.25, 0.3) is 0 Å². The highest BCUT2D eigenvalue weighted by atomic mass is 79.9. The van der Waals surface area contributed by atoms with Crippen molar-refractivity contribution in [2.75, 3.05) is 86.7 Å². The number of benzene rings is 3. The first-order chi connectivity index (χ1) is 31.0. The number of rotatable bonds is 17. The fraction of sp³-hybridized carbons (Fsp3) is 0.447. The molecule has 15 nitrogen and oxygen atoms in total. The van der Waals surface area contributed by atoms with E-state index in [0.29, 0.717) is 68.8 Å². The molecule has 17 heteroatoms. The Kier molecular flexibility index (Phi) is 14.4. The second-order valence-corrected chi connectivity index (χ2v) is 21.4. The number of hydrogen-bond donors (Lipinski definition) is 5. The molecular weight excluding hydrogens is 893 g/mol. The molecule has 5 aromatic rings. The minimum atomic E-state index is -2.76. The Labute approximate surface area is 383 Å². The standard InChI is InChI=1S/C47H59BrN11O4P/c1-5-31-26-39(55-47-53-28-36(48)45(57-47)54-38-12-11-37-43(52-22-21-51-37)44(38)64(3,4)62)41(63-2)27-40(31)58-24-16-33(17-25-58)50-20-19-49-18-14-30-15-23-59(29-30)34-8-6-32(7-9-34)35-10-13-42(60)56-46(35)61/h6-9,11-12,21-22,26-28,30,33,35,49-50H,5,10,13-20,23-25,29H2,1-4H3,(H,56,60,61)(H2,53,54,55,57)/t30-,35?/m1/s1. The van der Waals surface area contributed by atoms with Crippen LogP contribution in [-0.2, 0) is 20.6 Å². The van der Waals surface area contributed by atoms with Gasteiger partial charge >= 0.3 is 0 Å². The summed E-state index contributed by atoms with van der Waals surface area (Å²) in [5.74, 6) is 1.66. The Bertz CT molecular complexity index is 2510. The number of imide groups is 1. The van der Waals surface area contributed by atoms with Crippen molar-refractivity contribution < 1.29 is 18.9 Å². The second kappa shape index (κ2) is 20.4. The van der Waals surface area contributed by atoms with Gasteiger partial charge in [0.15, 0.2) is 0 Å². The van der Waals surface area contributed by atoms with Crippen molar-refractivity contribution in [1.82, 2.24) is 35.9 Å². The number of hydrogen-bond acceptors (Lipinski definition) is 14. The molecule has 2 atom stereocenters. The zero-order chi connectivity index (χ0) is 44.8. The zero-order valence-electron chi connectivity index (χ0n) is 37.1. The van der Waals surface area contributed by atoms with E-state index in [0.717, 1.165) is 82.7 Å². The maximum Gasteiger partial charge on any atom is 0.234 e. The summed E-state index contributed by atoms with van der Waals surface area (Å²) in [4.78, 5) is 47.0. The molecule has 0 spiro atoms. The van der Waals surface area contributed by atoms with Crippen LogP contribution in [0.15, 0.2) is 71.6 Å². The third-order valence-corrected chi connectivity index (χ3v) is 14.8. The molecule has 2 amide bonds. The molecule has 3 aliphatic rings. The molecule has 3 fully saturated rings. The van der Waals surface area contributed by atoms with Gasteiger partial charge in [0.05, 0.1) is 39.7 Å². The smallest absolute Gasteiger partial charge is 0.234 e. The molecule has 5 heterocycles. The Balaban J connectivity index is 0.791. The third kappa shape index (κ3) is 10.7. The maximum absolute atomic E-state index is 13.5. The van der Waals surface area contributed by atoms with E-state index in [4.69, 9.17) is 9.72 Å². The van der Waals surface area contributed by atoms with E-state index < -0.39 is 7.14 Å². The number of methoxy groups -OCH3 is 1. The van der Waals surface area contributed by atoms with Crippen LogP contribution in [-0.4, -0.2) is 104 Å². The number of carbonyl (C=O) groups excluding carboxylic acids is 2. The minimum Gasteiger partial charge on any atom is -0.494 e. The number of aromatic nitrogens is 4. The van der Waals surface area contributed by atoms with Gasteiger partial charge < -0.3 is 40.4 Å². The molecule has 0 radical (unpaired) electrons. The quantitative estimate of drug-likeness (QED) is 0.0363. The van der Waals surface area contributed by atoms with E-state index in [2.05, 4.69) is 98.5 Å². The SMILES string of the molecule is CCc1cc(Nc2ncc(Br)c(Nc3ccc4nccnc4c3P(C)(C)=O)n2)c(OC)cc1N1CCC(NCCNCC[C@@H]2CCN(c3ccc(C4CCC(=O)NC4=O)cc3)C2)CC1. The van der Waals surface area contributed by atoms with Crippen molar-refractivity contribution >= 4 is 85.7 Å². The topological polar surface area (TPSA) is 179 Å². The zero-order valence-corrected chi connectivity index (χ0v) is 39.6. The molecule has 1 unspecified atom stereocenters. The lowest BCUT2D eigenvalue weighted by atomic mass is 9.90. The van der Waals surface area contributed by atoms with E-state index in [1.54, 1.807) is 39.0 Å². The van der Waals surface area contributed by atoms with Gasteiger partial charge in [0.1, 0.15) is 24.2 Å². The van der Waals surface area contributed by atoms with Crippen LogP contribution >= 0.6 is 23.1 Å². The molecule has 0 bridgehead atoms. The van der Waals surface area contributed by atoms with E-state index in [9.17, 15) is 14.2 Å². The number of ether oxygens (including phenoxy) is 1. The van der Waals surface area contributed by atoms with E-state index in [1.165, 1.54) is 23.4 Å². The summed E-state index contributed by atoms with van der Waals surface area (Å²) in [6.07, 6.45) is 11.2. The van der Waals surface area contributed by atoms with Crippen LogP contribution in [0.2, 0.25) is 0 Å². The maximum atomic E-state index is 13.5. The van der Waals surface area contributed by atoms with Crippen LogP contribution in [0, 0.1) is 5.92 Å². The highest BCUT2D eigenvalue weighted by Gasteiger charge is 2.29. The van der Waals surface area contributed by atoms with Crippen molar-refractivity contribution in [2.45, 2.75) is 63.8 Å². The van der Waals surface area contributed by atoms with Gasteiger partial charge in [0, 0.05) is 87.8 Å². The molecule has 3 aliphatic heterocycles. The van der Waals surface area contributed by atoms with E-state index in [-0.39, 0.29) is 17.7 Å². The number of nitrogens with zero attached hydrogens (tertiary/aromatic N) is 6. The lowest BCUT2D eigenvalue weighted by molar-refractivity contribution is -0.134. The fourth-order valence-electron chi connectivity index (χ4n) is 9.24. The molecule has 0 aliphatic carbocycles. The lowest BCUT2D eigenvalue weighted by Gasteiger charge is -2.35. The van der Waals surface area contributed by atoms with Crippen molar-refractivity contribution in [3.8, 4) is 5.75 Å². The summed E-state index contributed by atoms with van der Waals surface area (Å²) in [5, 5.41) is 17.3. The molecule has 64 heavy (non-hydrogen) atoms. The number of carbonyl (C=O) groups is 2. The summed E-state index contributed by atoms with van der Waals surface area (Å²) in [6.45, 7) is 12.6. The number of anilines is 6. The second-order valence-electron chi connectivity index (χ2n) is 17.4. The van der Waals surface area contributed by atoms with Gasteiger partial charge in [-0.15, -0.1) is 0 Å². The largest absolute Gasteiger partial charge is 0.494 e. The fourth-order valence-corrected chi connectivity index (χ4v) is 10.9. The Morgan fingerprint density at radius 1 is 0.891 bits per heavy atom. The van der Waals surface area contributed by atoms with Crippen LogP contribution in [0.25, 0.3) is 11.0 Å². The Morgan fingerprint density at radius 3 is 2.42 bits per heavy atom. The average molecular weight is 953 g/mol. The van der Waals surface area contributed by atoms with Crippen molar-refractivity contribution in [3.05, 3.63) is 82.7 Å². The molecule has 3 aromatic carbocycles. The molecular formula is C47H59BrN11O4P. The van der Waals surface area contributed by atoms with E-state index in [1.807, 2.05) is 24.3 Å². The number of amides is 2. The van der Waals surface area contributed by atoms with E-state index >= 15 is 0 Å². The van der Waals surface area contributed by atoms with Gasteiger partial charge in [-0.3, -0.25) is 24.9 Å². The van der Waals surface area contributed by atoms with Crippen molar-refractivity contribution in [2.24, 2.45) is 5.92 Å². The first-order valence-corrected chi connectivity index (χ1v) is 25.8. The molecule has 3 saturated heterocycles. The first-order valence-electron chi connectivity index (χ1n) is 22.4. The molecule has 338 valence electrons. The van der Waals surface area contributed by atoms with Gasteiger partial charge in [0.2, 0.25) is 17.8 Å². The minimum absolute atomic E-state index is 0.177. The van der Waals surface area contributed by atoms with Crippen LogP contribution < -0.4 is 46.4 Å².